The second kappa shape index (κ2) is 8.07. The topological polar surface area (TPSA) is 85.1 Å². The van der Waals surface area contributed by atoms with Crippen molar-refractivity contribution in [2.24, 2.45) is 0 Å². The molecule has 0 aliphatic rings. The lowest BCUT2D eigenvalue weighted by molar-refractivity contribution is -0.384. The highest BCUT2D eigenvalue weighted by Gasteiger charge is 2.14. The number of rotatable bonds is 6. The summed E-state index contributed by atoms with van der Waals surface area (Å²) in [6.45, 7) is 0. The molecule has 1 N–H and O–H groups in total. The van der Waals surface area contributed by atoms with Crippen LogP contribution in [0.5, 0.6) is 0 Å². The van der Waals surface area contributed by atoms with E-state index >= 15 is 0 Å². The molecule has 2 aromatic carbocycles. The highest BCUT2D eigenvalue weighted by molar-refractivity contribution is 8.01. The zero-order valence-electron chi connectivity index (χ0n) is 13.2. The van der Waals surface area contributed by atoms with Crippen molar-refractivity contribution in [3.05, 3.63) is 69.8 Å². The van der Waals surface area contributed by atoms with Gasteiger partial charge in [0.25, 0.3) is 5.69 Å². The van der Waals surface area contributed by atoms with Crippen molar-refractivity contribution >= 4 is 40.4 Å². The van der Waals surface area contributed by atoms with E-state index in [4.69, 9.17) is 0 Å². The first-order chi connectivity index (χ1) is 12.5. The van der Waals surface area contributed by atoms with E-state index in [0.29, 0.717) is 4.34 Å². The van der Waals surface area contributed by atoms with Gasteiger partial charge < -0.3 is 5.32 Å². The number of halogens is 1. The summed E-state index contributed by atoms with van der Waals surface area (Å²) in [4.78, 5) is 26.5. The van der Waals surface area contributed by atoms with E-state index in [1.807, 2.05) is 35.7 Å². The molecule has 0 atom stereocenters. The van der Waals surface area contributed by atoms with Gasteiger partial charge in [0.1, 0.15) is 5.82 Å². The van der Waals surface area contributed by atoms with Gasteiger partial charge in [0.05, 0.1) is 22.1 Å². The van der Waals surface area contributed by atoms with Crippen molar-refractivity contribution in [3.63, 3.8) is 0 Å². The third-order valence-corrected chi connectivity index (χ3v) is 5.34. The van der Waals surface area contributed by atoms with Crippen LogP contribution >= 0.6 is 23.1 Å². The summed E-state index contributed by atoms with van der Waals surface area (Å²) in [5.41, 5.74) is 1.30. The van der Waals surface area contributed by atoms with Gasteiger partial charge in [-0.1, -0.05) is 42.1 Å². The first-order valence-electron chi connectivity index (χ1n) is 7.40. The van der Waals surface area contributed by atoms with E-state index in [0.717, 1.165) is 29.5 Å². The third kappa shape index (κ3) is 4.44. The van der Waals surface area contributed by atoms with Gasteiger partial charge in [0.2, 0.25) is 5.91 Å². The SMILES string of the molecule is O=C(CSc1nc(-c2ccccc2)cs1)Nc1cc([N+](=O)[O-])ccc1F. The highest BCUT2D eigenvalue weighted by Crippen LogP contribution is 2.28. The average Bonchev–Trinajstić information content (AvgIpc) is 3.11. The minimum Gasteiger partial charge on any atom is -0.323 e. The highest BCUT2D eigenvalue weighted by atomic mass is 32.2. The maximum Gasteiger partial charge on any atom is 0.271 e. The van der Waals surface area contributed by atoms with Crippen molar-refractivity contribution in [3.8, 4) is 11.3 Å². The number of anilines is 1. The molecular formula is C17H12FN3O3S2. The molecule has 9 heteroatoms. The molecule has 1 amide bonds. The monoisotopic (exact) mass is 389 g/mol. The second-order valence-electron chi connectivity index (χ2n) is 5.12. The molecule has 1 heterocycles. The van der Waals surface area contributed by atoms with Crippen LogP contribution in [0, 0.1) is 15.9 Å². The summed E-state index contributed by atoms with van der Waals surface area (Å²) >= 11 is 2.63. The lowest BCUT2D eigenvalue weighted by Gasteiger charge is -2.05. The molecule has 0 radical (unpaired) electrons. The van der Waals surface area contributed by atoms with Gasteiger partial charge in [-0.05, 0) is 6.07 Å². The average molecular weight is 389 g/mol. The molecule has 0 aliphatic heterocycles. The van der Waals surface area contributed by atoms with Crippen molar-refractivity contribution in [1.29, 1.82) is 0 Å². The normalized spacial score (nSPS) is 10.5. The predicted molar refractivity (Wildman–Crippen MR) is 100.0 cm³/mol. The number of benzene rings is 2. The van der Waals surface area contributed by atoms with Crippen LogP contribution in [0.4, 0.5) is 15.8 Å². The van der Waals surface area contributed by atoms with E-state index in [9.17, 15) is 19.3 Å². The molecule has 0 saturated carbocycles. The number of thioether (sulfide) groups is 1. The number of thiazole rings is 1. The van der Waals surface area contributed by atoms with Crippen LogP contribution in [-0.4, -0.2) is 21.6 Å². The van der Waals surface area contributed by atoms with Gasteiger partial charge in [-0.15, -0.1) is 11.3 Å². The maximum atomic E-state index is 13.7. The zero-order valence-corrected chi connectivity index (χ0v) is 14.8. The van der Waals surface area contributed by atoms with E-state index in [1.54, 1.807) is 0 Å². The van der Waals surface area contributed by atoms with Crippen LogP contribution < -0.4 is 5.32 Å². The fourth-order valence-corrected chi connectivity index (χ4v) is 3.74. The molecule has 6 nitrogen and oxygen atoms in total. The van der Waals surface area contributed by atoms with Gasteiger partial charge in [0, 0.05) is 23.1 Å². The van der Waals surface area contributed by atoms with Gasteiger partial charge in [0.15, 0.2) is 4.34 Å². The Kier molecular flexibility index (Phi) is 5.59. The Morgan fingerprint density at radius 3 is 2.77 bits per heavy atom. The molecule has 3 aromatic rings. The van der Waals surface area contributed by atoms with Crippen molar-refractivity contribution in [2.45, 2.75) is 4.34 Å². The van der Waals surface area contributed by atoms with Gasteiger partial charge in [-0.25, -0.2) is 9.37 Å². The smallest absolute Gasteiger partial charge is 0.271 e. The first kappa shape index (κ1) is 18.0. The van der Waals surface area contributed by atoms with Crippen LogP contribution in [0.1, 0.15) is 0 Å². The summed E-state index contributed by atoms with van der Waals surface area (Å²) in [5.74, 6) is -1.18. The largest absolute Gasteiger partial charge is 0.323 e. The number of nitro groups is 1. The van der Waals surface area contributed by atoms with Crippen LogP contribution in [0.25, 0.3) is 11.3 Å². The number of aromatic nitrogens is 1. The quantitative estimate of drug-likeness (QED) is 0.379. The minimum absolute atomic E-state index is 0.0177. The lowest BCUT2D eigenvalue weighted by atomic mass is 10.2. The number of carbonyl (C=O) groups is 1. The number of carbonyl (C=O) groups excluding carboxylic acids is 1. The second-order valence-corrected chi connectivity index (χ2v) is 7.20. The van der Waals surface area contributed by atoms with Crippen molar-refractivity contribution < 1.29 is 14.1 Å². The van der Waals surface area contributed by atoms with E-state index in [-0.39, 0.29) is 17.1 Å². The van der Waals surface area contributed by atoms with Crippen LogP contribution in [-0.2, 0) is 4.79 Å². The number of hydrogen-bond acceptors (Lipinski definition) is 6. The Labute approximate surface area is 156 Å². The fourth-order valence-electron chi connectivity index (χ4n) is 2.10. The van der Waals surface area contributed by atoms with E-state index in [2.05, 4.69) is 10.3 Å². The van der Waals surface area contributed by atoms with Gasteiger partial charge >= 0.3 is 0 Å². The molecule has 132 valence electrons. The standard InChI is InChI=1S/C17H12FN3O3S2/c18-13-7-6-12(21(23)24)8-14(13)19-16(22)10-26-17-20-15(9-25-17)11-4-2-1-3-5-11/h1-9H,10H2,(H,19,22). The third-order valence-electron chi connectivity index (χ3n) is 3.31. The molecule has 0 bridgehead atoms. The van der Waals surface area contributed by atoms with E-state index < -0.39 is 16.6 Å². The Balaban J connectivity index is 1.61. The summed E-state index contributed by atoms with van der Waals surface area (Å²) in [7, 11) is 0. The Morgan fingerprint density at radius 2 is 2.04 bits per heavy atom. The number of nitrogens with zero attached hydrogens (tertiary/aromatic N) is 2. The summed E-state index contributed by atoms with van der Waals surface area (Å²) in [5, 5.41) is 15.0. The van der Waals surface area contributed by atoms with Gasteiger partial charge in [-0.2, -0.15) is 0 Å². The number of nitrogens with one attached hydrogen (secondary N) is 1. The minimum atomic E-state index is -0.727. The molecule has 3 rings (SSSR count). The molecule has 0 aliphatic carbocycles. The van der Waals surface area contributed by atoms with E-state index in [1.165, 1.54) is 23.1 Å². The molecule has 1 aromatic heterocycles. The molecule has 0 saturated heterocycles. The lowest BCUT2D eigenvalue weighted by Crippen LogP contribution is -2.15. The summed E-state index contributed by atoms with van der Waals surface area (Å²) < 4.78 is 14.4. The van der Waals surface area contributed by atoms with Crippen molar-refractivity contribution in [2.75, 3.05) is 11.1 Å². The molecule has 0 spiro atoms. The molecule has 0 unspecified atom stereocenters. The van der Waals surface area contributed by atoms with Crippen molar-refractivity contribution in [1.82, 2.24) is 4.98 Å². The van der Waals surface area contributed by atoms with Crippen LogP contribution in [0.3, 0.4) is 0 Å². The van der Waals surface area contributed by atoms with Crippen LogP contribution in [0.2, 0.25) is 0 Å². The summed E-state index contributed by atoms with van der Waals surface area (Å²) in [6.07, 6.45) is 0. The Morgan fingerprint density at radius 1 is 1.27 bits per heavy atom. The number of amides is 1. The van der Waals surface area contributed by atoms with Crippen LogP contribution in [0.15, 0.2) is 58.3 Å². The van der Waals surface area contributed by atoms with Gasteiger partial charge in [-0.3, -0.25) is 14.9 Å². The fraction of sp³-hybridized carbons (Fsp3) is 0.0588. The maximum absolute atomic E-state index is 13.7. The Bertz CT molecular complexity index is 947. The molecule has 0 fully saturated rings. The Hall–Kier alpha value is -2.78. The first-order valence-corrected chi connectivity index (χ1v) is 9.27. The molecule has 26 heavy (non-hydrogen) atoms. The number of hydrogen-bond donors (Lipinski definition) is 1. The summed E-state index contributed by atoms with van der Waals surface area (Å²) in [6, 6.07) is 12.6. The molecular weight excluding hydrogens is 377 g/mol. The zero-order chi connectivity index (χ0) is 18.5. The number of nitro benzene ring substituents is 1. The number of non-ortho nitro benzene ring substituents is 1. The predicted octanol–water partition coefficient (Wildman–Crippen LogP) is 4.59.